The van der Waals surface area contributed by atoms with Gasteiger partial charge >= 0.3 is 5.97 Å². The minimum absolute atomic E-state index is 0.00542. The number of carboxylic acid groups (broad SMARTS) is 1. The Labute approximate surface area is 127 Å². The van der Waals surface area contributed by atoms with Gasteiger partial charge in [-0.3, -0.25) is 4.68 Å². The Morgan fingerprint density at radius 2 is 2.05 bits per heavy atom. The highest BCUT2D eigenvalue weighted by atomic mass is 35.5. The summed E-state index contributed by atoms with van der Waals surface area (Å²) in [6.07, 6.45) is 2.16. The van der Waals surface area contributed by atoms with Gasteiger partial charge in [-0.05, 0) is 12.8 Å². The van der Waals surface area contributed by atoms with Gasteiger partial charge in [0.25, 0.3) is 0 Å². The Morgan fingerprint density at radius 1 is 1.33 bits per heavy atom. The van der Waals surface area contributed by atoms with Crippen molar-refractivity contribution in [1.82, 2.24) is 24.8 Å². The van der Waals surface area contributed by atoms with Crippen molar-refractivity contribution in [1.29, 1.82) is 0 Å². The van der Waals surface area contributed by atoms with Crippen molar-refractivity contribution in [3.05, 3.63) is 27.8 Å². The number of halogens is 1. The molecule has 7 nitrogen and oxygen atoms in total. The second-order valence-corrected chi connectivity index (χ2v) is 5.16. The largest absolute Gasteiger partial charge is 0.476 e. The van der Waals surface area contributed by atoms with E-state index in [2.05, 4.69) is 15.4 Å². The molecule has 0 radical (unpaired) electrons. The number of hydrogen-bond donors (Lipinski definition) is 1. The van der Waals surface area contributed by atoms with Crippen molar-refractivity contribution in [2.75, 3.05) is 0 Å². The van der Waals surface area contributed by atoms with Crippen molar-refractivity contribution in [3.63, 3.8) is 0 Å². The van der Waals surface area contributed by atoms with Gasteiger partial charge in [0, 0.05) is 7.05 Å². The molecule has 2 aromatic rings. The minimum atomic E-state index is -1.06. The topological polar surface area (TPSA) is 85.8 Å². The number of carbonyl (C=O) groups is 1. The van der Waals surface area contributed by atoms with Gasteiger partial charge in [0.1, 0.15) is 0 Å². The van der Waals surface area contributed by atoms with Crippen LogP contribution in [0.4, 0.5) is 0 Å². The number of nitrogens with zero attached hydrogens (tertiary/aromatic N) is 5. The molecule has 2 rings (SSSR count). The maximum Gasteiger partial charge on any atom is 0.358 e. The third-order valence-electron chi connectivity index (χ3n) is 3.33. The molecule has 1 N–H and O–H groups in total. The van der Waals surface area contributed by atoms with E-state index in [1.165, 1.54) is 0 Å². The minimum Gasteiger partial charge on any atom is -0.476 e. The average molecular weight is 312 g/mol. The van der Waals surface area contributed by atoms with Gasteiger partial charge < -0.3 is 5.11 Å². The fourth-order valence-electron chi connectivity index (χ4n) is 2.24. The van der Waals surface area contributed by atoms with E-state index in [1.807, 2.05) is 20.9 Å². The fourth-order valence-corrected chi connectivity index (χ4v) is 2.60. The van der Waals surface area contributed by atoms with Crippen LogP contribution in [0.5, 0.6) is 0 Å². The predicted octanol–water partition coefficient (Wildman–Crippen LogP) is 1.93. The first kappa shape index (κ1) is 15.5. The van der Waals surface area contributed by atoms with E-state index >= 15 is 0 Å². The molecule has 0 aliphatic heterocycles. The quantitative estimate of drug-likeness (QED) is 0.881. The molecule has 0 aliphatic carbocycles. The van der Waals surface area contributed by atoms with E-state index in [4.69, 9.17) is 16.7 Å². The molecule has 8 heteroatoms. The third kappa shape index (κ3) is 2.92. The zero-order chi connectivity index (χ0) is 15.6. The number of aryl methyl sites for hydroxylation is 2. The van der Waals surface area contributed by atoms with Gasteiger partial charge in [-0.25, -0.2) is 9.48 Å². The third-order valence-corrected chi connectivity index (χ3v) is 3.77. The van der Waals surface area contributed by atoms with Gasteiger partial charge in [-0.15, -0.1) is 5.10 Å². The van der Waals surface area contributed by atoms with Crippen LogP contribution >= 0.6 is 11.6 Å². The lowest BCUT2D eigenvalue weighted by Gasteiger charge is -2.07. The second-order valence-electron chi connectivity index (χ2n) is 4.78. The maximum absolute atomic E-state index is 11.2. The van der Waals surface area contributed by atoms with Gasteiger partial charge in [0.15, 0.2) is 5.69 Å². The SMILES string of the molecule is CCCc1c(C(=O)O)nnn1Cc1c(Cl)c(CC)nn1C. The molecule has 0 amide bonds. The molecule has 0 saturated heterocycles. The standard InChI is InChI=1S/C13H18ClN5O2/c1-4-6-9-12(13(20)21)15-17-19(9)7-10-11(14)8(5-2)16-18(10)3/h4-7H2,1-3H3,(H,20,21). The van der Waals surface area contributed by atoms with E-state index in [9.17, 15) is 4.79 Å². The van der Waals surface area contributed by atoms with Crippen molar-refractivity contribution in [2.24, 2.45) is 7.05 Å². The Kier molecular flexibility index (Phi) is 4.62. The molecule has 0 aliphatic rings. The first-order chi connectivity index (χ1) is 9.99. The van der Waals surface area contributed by atoms with Gasteiger partial charge in [-0.2, -0.15) is 5.10 Å². The Balaban J connectivity index is 2.40. The molecule has 0 unspecified atom stereocenters. The zero-order valence-corrected chi connectivity index (χ0v) is 13.1. The van der Waals surface area contributed by atoms with Crippen LogP contribution in [0.3, 0.4) is 0 Å². The number of aromatic carboxylic acids is 1. The van der Waals surface area contributed by atoms with Crippen LogP contribution in [0.15, 0.2) is 0 Å². The summed E-state index contributed by atoms with van der Waals surface area (Å²) in [6, 6.07) is 0. The Hall–Kier alpha value is -1.89. The average Bonchev–Trinajstić information content (AvgIpc) is 2.95. The van der Waals surface area contributed by atoms with Crippen molar-refractivity contribution in [3.8, 4) is 0 Å². The van der Waals surface area contributed by atoms with Crippen LogP contribution in [0.25, 0.3) is 0 Å². The van der Waals surface area contributed by atoms with E-state index in [-0.39, 0.29) is 5.69 Å². The Morgan fingerprint density at radius 3 is 2.57 bits per heavy atom. The molecule has 0 atom stereocenters. The zero-order valence-electron chi connectivity index (χ0n) is 12.3. The van der Waals surface area contributed by atoms with Crippen LogP contribution in [0.1, 0.15) is 47.8 Å². The molecule has 114 valence electrons. The second kappa shape index (κ2) is 6.26. The number of rotatable bonds is 6. The molecule has 21 heavy (non-hydrogen) atoms. The summed E-state index contributed by atoms with van der Waals surface area (Å²) in [5.41, 5.74) is 2.24. The van der Waals surface area contributed by atoms with Crippen LogP contribution < -0.4 is 0 Å². The normalized spacial score (nSPS) is 11.0. The summed E-state index contributed by atoms with van der Waals surface area (Å²) < 4.78 is 3.30. The molecular formula is C13H18ClN5O2. The molecule has 0 aromatic carbocycles. The lowest BCUT2D eigenvalue weighted by atomic mass is 10.2. The summed E-state index contributed by atoms with van der Waals surface area (Å²) in [6.45, 7) is 4.33. The van der Waals surface area contributed by atoms with Crippen molar-refractivity contribution in [2.45, 2.75) is 39.7 Å². The first-order valence-electron chi connectivity index (χ1n) is 6.85. The van der Waals surface area contributed by atoms with E-state index in [0.717, 1.165) is 24.2 Å². The summed E-state index contributed by atoms with van der Waals surface area (Å²) in [7, 11) is 1.81. The molecule has 0 saturated carbocycles. The van der Waals surface area contributed by atoms with Gasteiger partial charge in [-0.1, -0.05) is 37.1 Å². The number of aromatic nitrogens is 5. The smallest absolute Gasteiger partial charge is 0.358 e. The van der Waals surface area contributed by atoms with Crippen LogP contribution in [0, 0.1) is 0 Å². The fraction of sp³-hybridized carbons (Fsp3) is 0.538. The molecule has 0 spiro atoms. The summed E-state index contributed by atoms with van der Waals surface area (Å²) in [5, 5.41) is 21.8. The highest BCUT2D eigenvalue weighted by Crippen LogP contribution is 2.22. The highest BCUT2D eigenvalue weighted by molar-refractivity contribution is 6.31. The lowest BCUT2D eigenvalue weighted by Crippen LogP contribution is -2.12. The predicted molar refractivity (Wildman–Crippen MR) is 77.7 cm³/mol. The number of carboxylic acids is 1. The Bertz CT molecular complexity index is 662. The summed E-state index contributed by atoms with van der Waals surface area (Å²) in [5.74, 6) is -1.06. The van der Waals surface area contributed by atoms with Gasteiger partial charge in [0.05, 0.1) is 28.6 Å². The van der Waals surface area contributed by atoms with Crippen LogP contribution in [-0.2, 0) is 26.4 Å². The van der Waals surface area contributed by atoms with Crippen LogP contribution in [0.2, 0.25) is 5.02 Å². The molecular weight excluding hydrogens is 294 g/mol. The highest BCUT2D eigenvalue weighted by Gasteiger charge is 2.21. The number of hydrogen-bond acceptors (Lipinski definition) is 4. The van der Waals surface area contributed by atoms with E-state index in [1.54, 1.807) is 9.36 Å². The first-order valence-corrected chi connectivity index (χ1v) is 7.23. The monoisotopic (exact) mass is 311 g/mol. The summed E-state index contributed by atoms with van der Waals surface area (Å²) in [4.78, 5) is 11.2. The van der Waals surface area contributed by atoms with E-state index in [0.29, 0.717) is 23.7 Å². The maximum atomic E-state index is 11.2. The van der Waals surface area contributed by atoms with Gasteiger partial charge in [0.2, 0.25) is 0 Å². The van der Waals surface area contributed by atoms with Crippen LogP contribution in [-0.4, -0.2) is 35.9 Å². The molecule has 2 aromatic heterocycles. The van der Waals surface area contributed by atoms with Crippen molar-refractivity contribution < 1.29 is 9.90 Å². The molecule has 2 heterocycles. The summed E-state index contributed by atoms with van der Waals surface area (Å²) >= 11 is 6.32. The van der Waals surface area contributed by atoms with Crippen molar-refractivity contribution >= 4 is 17.6 Å². The molecule has 0 fully saturated rings. The molecule has 0 bridgehead atoms. The lowest BCUT2D eigenvalue weighted by molar-refractivity contribution is 0.0689. The van der Waals surface area contributed by atoms with E-state index < -0.39 is 5.97 Å².